The Morgan fingerprint density at radius 2 is 1.71 bits per heavy atom. The minimum atomic E-state index is 0. The summed E-state index contributed by atoms with van der Waals surface area (Å²) < 4.78 is 1.10. The normalized spacial score (nSPS) is 10.9. The summed E-state index contributed by atoms with van der Waals surface area (Å²) in [4.78, 5) is 23.4. The number of aromatic nitrogens is 1. The van der Waals surface area contributed by atoms with E-state index in [1.807, 2.05) is 53.6 Å². The van der Waals surface area contributed by atoms with Crippen LogP contribution in [0.15, 0.2) is 53.4 Å². The summed E-state index contributed by atoms with van der Waals surface area (Å²) in [7, 11) is 0. The highest BCUT2D eigenvalue weighted by atomic mass is 35.5. The third-order valence-corrected chi connectivity index (χ3v) is 6.49. The second-order valence-electron chi connectivity index (χ2n) is 6.15. The number of para-hydroxylation sites is 1. The highest BCUT2D eigenvalue weighted by molar-refractivity contribution is 7.98. The second kappa shape index (κ2) is 10.8. The summed E-state index contributed by atoms with van der Waals surface area (Å²) in [5, 5.41) is 0.768. The zero-order valence-electron chi connectivity index (χ0n) is 16.4. The largest absolute Gasteiger partial charge is 0.302 e. The molecule has 1 amide bonds. The molecule has 150 valence electrons. The lowest BCUT2D eigenvalue weighted by Gasteiger charge is -2.25. The monoisotopic (exact) mass is 435 g/mol. The molecule has 0 unspecified atom stereocenters. The van der Waals surface area contributed by atoms with E-state index in [1.165, 1.54) is 0 Å². The van der Waals surface area contributed by atoms with Gasteiger partial charge in [-0.3, -0.25) is 9.69 Å². The quantitative estimate of drug-likeness (QED) is 0.442. The molecule has 0 spiro atoms. The maximum atomic E-state index is 13.5. The Bertz CT molecular complexity index is 878. The Morgan fingerprint density at radius 1 is 1.04 bits per heavy atom. The van der Waals surface area contributed by atoms with Crippen LogP contribution in [0.2, 0.25) is 0 Å². The van der Waals surface area contributed by atoms with Crippen LogP contribution in [0.3, 0.4) is 0 Å². The molecule has 0 saturated heterocycles. The summed E-state index contributed by atoms with van der Waals surface area (Å²) in [6.45, 7) is 7.70. The molecule has 3 rings (SSSR count). The minimum Gasteiger partial charge on any atom is -0.302 e. The summed E-state index contributed by atoms with van der Waals surface area (Å²) >= 11 is 3.18. The molecule has 3 aromatic rings. The van der Waals surface area contributed by atoms with Gasteiger partial charge in [-0.05, 0) is 43.6 Å². The molecule has 0 bridgehead atoms. The highest BCUT2D eigenvalue weighted by Crippen LogP contribution is 2.31. The number of thioether (sulfide) groups is 1. The van der Waals surface area contributed by atoms with E-state index >= 15 is 0 Å². The number of likely N-dealkylation sites (N-methyl/N-ethyl adjacent to an activating group) is 1. The Kier molecular flexibility index (Phi) is 8.76. The Labute approximate surface area is 181 Å². The maximum absolute atomic E-state index is 13.5. The predicted molar refractivity (Wildman–Crippen MR) is 125 cm³/mol. The SMILES string of the molecule is CCN(CC)CCN(C(=O)c1ccccc1SC)c1nc2ccccc2s1.Cl. The molecule has 0 atom stereocenters. The number of fused-ring (bicyclic) bond motifs is 1. The molecule has 0 aliphatic rings. The molecule has 0 fully saturated rings. The summed E-state index contributed by atoms with van der Waals surface area (Å²) in [5.41, 5.74) is 1.68. The molecule has 4 nitrogen and oxygen atoms in total. The number of thiazole rings is 1. The van der Waals surface area contributed by atoms with E-state index in [1.54, 1.807) is 23.1 Å². The molecule has 0 radical (unpaired) electrons. The standard InChI is InChI=1S/C21H25N3OS2.ClH/c1-4-23(5-2)14-15-24(20(25)16-10-6-8-12-18(16)26-3)21-22-17-11-7-9-13-19(17)27-21;/h6-13H,4-5,14-15H2,1-3H3;1H. The lowest BCUT2D eigenvalue weighted by Crippen LogP contribution is -2.39. The topological polar surface area (TPSA) is 36.4 Å². The highest BCUT2D eigenvalue weighted by Gasteiger charge is 2.23. The molecule has 7 heteroatoms. The van der Waals surface area contributed by atoms with Crippen LogP contribution in [-0.2, 0) is 0 Å². The van der Waals surface area contributed by atoms with E-state index in [-0.39, 0.29) is 18.3 Å². The molecule has 0 N–H and O–H groups in total. The van der Waals surface area contributed by atoms with Crippen LogP contribution in [0.5, 0.6) is 0 Å². The van der Waals surface area contributed by atoms with E-state index in [2.05, 4.69) is 24.8 Å². The molecule has 0 aliphatic heterocycles. The third kappa shape index (κ3) is 5.06. The van der Waals surface area contributed by atoms with Crippen molar-refractivity contribution >= 4 is 56.8 Å². The van der Waals surface area contributed by atoms with Crippen molar-refractivity contribution in [2.75, 3.05) is 37.3 Å². The number of carbonyl (C=O) groups is 1. The van der Waals surface area contributed by atoms with Crippen molar-refractivity contribution in [3.05, 3.63) is 54.1 Å². The smallest absolute Gasteiger partial charge is 0.261 e. The number of hydrogen-bond donors (Lipinski definition) is 0. The molecule has 0 aliphatic carbocycles. The van der Waals surface area contributed by atoms with E-state index in [0.717, 1.165) is 45.4 Å². The van der Waals surface area contributed by atoms with Crippen LogP contribution in [0.25, 0.3) is 10.2 Å². The molecule has 1 heterocycles. The third-order valence-electron chi connectivity index (χ3n) is 4.63. The number of amides is 1. The van der Waals surface area contributed by atoms with Crippen molar-refractivity contribution < 1.29 is 4.79 Å². The second-order valence-corrected chi connectivity index (χ2v) is 8.01. The minimum absolute atomic E-state index is 0. The Balaban J connectivity index is 0.00000280. The van der Waals surface area contributed by atoms with Crippen molar-refractivity contribution in [1.82, 2.24) is 9.88 Å². The van der Waals surface area contributed by atoms with Gasteiger partial charge >= 0.3 is 0 Å². The van der Waals surface area contributed by atoms with Crippen LogP contribution < -0.4 is 4.90 Å². The number of anilines is 1. The van der Waals surface area contributed by atoms with Gasteiger partial charge in [-0.2, -0.15) is 0 Å². The predicted octanol–water partition coefficient (Wildman–Crippen LogP) is 5.43. The van der Waals surface area contributed by atoms with Crippen LogP contribution in [0, 0.1) is 0 Å². The van der Waals surface area contributed by atoms with Gasteiger partial charge < -0.3 is 4.90 Å². The number of benzene rings is 2. The number of rotatable bonds is 8. The van der Waals surface area contributed by atoms with E-state index in [9.17, 15) is 4.79 Å². The molecule has 0 saturated carbocycles. The van der Waals surface area contributed by atoms with E-state index in [4.69, 9.17) is 4.98 Å². The fourth-order valence-corrected chi connectivity index (χ4v) is 4.59. The van der Waals surface area contributed by atoms with Gasteiger partial charge in [0.25, 0.3) is 5.91 Å². The lowest BCUT2D eigenvalue weighted by atomic mass is 10.2. The fourth-order valence-electron chi connectivity index (χ4n) is 3.01. The van der Waals surface area contributed by atoms with Gasteiger partial charge in [0, 0.05) is 18.0 Å². The van der Waals surface area contributed by atoms with Crippen LogP contribution in [0.1, 0.15) is 24.2 Å². The average Bonchev–Trinajstić information content (AvgIpc) is 3.14. The molecule has 28 heavy (non-hydrogen) atoms. The molecule has 2 aromatic carbocycles. The average molecular weight is 436 g/mol. The van der Waals surface area contributed by atoms with Crippen LogP contribution >= 0.6 is 35.5 Å². The number of halogens is 1. The van der Waals surface area contributed by atoms with E-state index < -0.39 is 0 Å². The van der Waals surface area contributed by atoms with Crippen molar-refractivity contribution in [1.29, 1.82) is 0 Å². The van der Waals surface area contributed by atoms with Gasteiger partial charge in [0.2, 0.25) is 0 Å². The number of nitrogens with zero attached hydrogens (tertiary/aromatic N) is 3. The summed E-state index contributed by atoms with van der Waals surface area (Å²) in [6, 6.07) is 15.9. The molecular formula is C21H26ClN3OS2. The Morgan fingerprint density at radius 3 is 2.39 bits per heavy atom. The first-order valence-electron chi connectivity index (χ1n) is 9.20. The summed E-state index contributed by atoms with van der Waals surface area (Å²) in [5.74, 6) is 0.0196. The first-order valence-corrected chi connectivity index (χ1v) is 11.2. The van der Waals surface area contributed by atoms with Crippen LogP contribution in [-0.4, -0.2) is 48.2 Å². The first kappa shape index (κ1) is 22.7. The van der Waals surface area contributed by atoms with Gasteiger partial charge in [-0.15, -0.1) is 24.2 Å². The van der Waals surface area contributed by atoms with Crippen molar-refractivity contribution in [3.63, 3.8) is 0 Å². The van der Waals surface area contributed by atoms with Crippen molar-refractivity contribution in [2.45, 2.75) is 18.7 Å². The molecular weight excluding hydrogens is 410 g/mol. The lowest BCUT2D eigenvalue weighted by molar-refractivity contribution is 0.0981. The van der Waals surface area contributed by atoms with Crippen LogP contribution in [0.4, 0.5) is 5.13 Å². The first-order chi connectivity index (χ1) is 13.2. The Hall–Kier alpha value is -1.60. The van der Waals surface area contributed by atoms with Gasteiger partial charge in [0.1, 0.15) is 0 Å². The van der Waals surface area contributed by atoms with Gasteiger partial charge in [0.05, 0.1) is 15.8 Å². The number of carbonyl (C=O) groups excluding carboxylic acids is 1. The van der Waals surface area contributed by atoms with E-state index in [0.29, 0.717) is 6.54 Å². The molecule has 1 aromatic heterocycles. The van der Waals surface area contributed by atoms with Crippen molar-refractivity contribution in [2.24, 2.45) is 0 Å². The van der Waals surface area contributed by atoms with Gasteiger partial charge in [-0.25, -0.2) is 4.98 Å². The fraction of sp³-hybridized carbons (Fsp3) is 0.333. The summed E-state index contributed by atoms with van der Waals surface area (Å²) in [6.07, 6.45) is 2.00. The van der Waals surface area contributed by atoms with Gasteiger partial charge in [-0.1, -0.05) is 49.4 Å². The van der Waals surface area contributed by atoms with Gasteiger partial charge in [0.15, 0.2) is 5.13 Å². The van der Waals surface area contributed by atoms with Crippen molar-refractivity contribution in [3.8, 4) is 0 Å². The maximum Gasteiger partial charge on any atom is 0.261 e. The zero-order valence-corrected chi connectivity index (χ0v) is 18.9. The zero-order chi connectivity index (χ0) is 19.2. The number of hydrogen-bond acceptors (Lipinski definition) is 5.